The lowest BCUT2D eigenvalue weighted by atomic mass is 9.81. The third kappa shape index (κ3) is 2.42. The first-order valence-corrected chi connectivity index (χ1v) is 14.3. The number of allylic oxidation sites excluding steroid dienone is 3. The van der Waals surface area contributed by atoms with Gasteiger partial charge in [-0.05, 0) is 89.4 Å². The zero-order valence-corrected chi connectivity index (χ0v) is 20.4. The molecule has 3 heteroatoms. The van der Waals surface area contributed by atoms with Gasteiger partial charge >= 0.3 is 0 Å². The van der Waals surface area contributed by atoms with E-state index in [1.807, 2.05) is 11.3 Å². The molecule has 143 valence electrons. The Bertz CT molecular complexity index is 1220. The second-order valence-electron chi connectivity index (χ2n) is 8.71. The summed E-state index contributed by atoms with van der Waals surface area (Å²) in [5, 5.41) is 3.84. The molecule has 0 spiro atoms. The van der Waals surface area contributed by atoms with Gasteiger partial charge in [0, 0.05) is 15.3 Å². The lowest BCUT2D eigenvalue weighted by molar-refractivity contribution is 0.958. The molecule has 3 aliphatic rings. The minimum absolute atomic E-state index is 0.430. The third-order valence-corrected chi connectivity index (χ3v) is 10.6. The highest BCUT2D eigenvalue weighted by atomic mass is 32.2. The topological polar surface area (TPSA) is 0 Å². The van der Waals surface area contributed by atoms with Crippen molar-refractivity contribution in [2.45, 2.75) is 58.9 Å². The van der Waals surface area contributed by atoms with Gasteiger partial charge in [0.25, 0.3) is 0 Å². The highest BCUT2D eigenvalue weighted by Gasteiger charge is 2.40. The van der Waals surface area contributed by atoms with Crippen molar-refractivity contribution in [1.82, 2.24) is 0 Å². The van der Waals surface area contributed by atoms with Gasteiger partial charge in [0.2, 0.25) is 0 Å². The van der Waals surface area contributed by atoms with Gasteiger partial charge in [-0.15, -0.1) is 23.1 Å². The predicted octanol–water partition coefficient (Wildman–Crippen LogP) is 5.17. The van der Waals surface area contributed by atoms with E-state index in [0.717, 1.165) is 0 Å². The van der Waals surface area contributed by atoms with E-state index in [1.165, 1.54) is 31.7 Å². The van der Waals surface area contributed by atoms with Crippen LogP contribution in [0.15, 0.2) is 28.2 Å². The lowest BCUT2D eigenvalue weighted by Crippen LogP contribution is -2.42. The molecule has 0 saturated carbocycles. The van der Waals surface area contributed by atoms with Crippen molar-refractivity contribution >= 4 is 54.8 Å². The maximum absolute atomic E-state index is 2.55. The van der Waals surface area contributed by atoms with E-state index < -0.39 is 8.80 Å². The third-order valence-electron chi connectivity index (χ3n) is 6.57. The zero-order valence-electron chi connectivity index (χ0n) is 17.8. The number of hydrogen-bond acceptors (Lipinski definition) is 2. The number of aryl methyl sites for hydroxylation is 3. The van der Waals surface area contributed by atoms with E-state index in [1.54, 1.807) is 32.0 Å². The lowest BCUT2D eigenvalue weighted by Gasteiger charge is -2.22. The molecule has 28 heavy (non-hydrogen) atoms. The molecule has 5 rings (SSSR count). The summed E-state index contributed by atoms with van der Waals surface area (Å²) in [4.78, 5) is 3.08. The SMILES string of the molecule is CC1=Cc2c(C)ccc(C)c2C1C1=C(C)SC2C=c3sc(C)c([Si](C)C)c3=C12. The summed E-state index contributed by atoms with van der Waals surface area (Å²) in [6, 6.07) is 4.60. The van der Waals surface area contributed by atoms with Gasteiger partial charge in [-0.3, -0.25) is 0 Å². The Labute approximate surface area is 178 Å². The fraction of sp³-hybridized carbons (Fsp3) is 0.360. The molecule has 0 nitrogen and oxygen atoms in total. The number of benzene rings is 1. The smallest absolute Gasteiger partial charge is 0.0814 e. The van der Waals surface area contributed by atoms with E-state index in [4.69, 9.17) is 0 Å². The van der Waals surface area contributed by atoms with Crippen molar-refractivity contribution in [2.24, 2.45) is 0 Å². The van der Waals surface area contributed by atoms with Gasteiger partial charge in [0.15, 0.2) is 0 Å². The standard InChI is InChI=1S/C25H27S2Si/c1-12-8-9-13(2)20-17(12)10-14(3)21(20)22-15(4)26-18-11-19-24(23(18)22)25(28(6)7)16(5)27-19/h8-11,18,21H,1-7H3. The van der Waals surface area contributed by atoms with Crippen molar-refractivity contribution in [3.05, 3.63) is 65.1 Å². The summed E-state index contributed by atoms with van der Waals surface area (Å²) in [6.45, 7) is 16.5. The van der Waals surface area contributed by atoms with E-state index in [0.29, 0.717) is 11.2 Å². The number of rotatable bonds is 2. The van der Waals surface area contributed by atoms with Crippen molar-refractivity contribution in [3.8, 4) is 0 Å². The monoisotopic (exact) mass is 419 g/mol. The maximum atomic E-state index is 2.55. The Balaban J connectivity index is 1.82. The molecule has 0 fully saturated rings. The molecule has 1 aromatic carbocycles. The molecule has 0 bridgehead atoms. The van der Waals surface area contributed by atoms with Crippen LogP contribution in [0.1, 0.15) is 46.9 Å². The molecule has 2 atom stereocenters. The van der Waals surface area contributed by atoms with Gasteiger partial charge in [-0.1, -0.05) is 36.9 Å². The summed E-state index contributed by atoms with van der Waals surface area (Å²) in [6.07, 6.45) is 5.01. The molecule has 0 saturated heterocycles. The van der Waals surface area contributed by atoms with Crippen LogP contribution in [0.5, 0.6) is 0 Å². The Kier molecular flexibility index (Phi) is 4.25. The normalized spacial score (nSPS) is 22.6. The summed E-state index contributed by atoms with van der Waals surface area (Å²) in [7, 11) is -0.489. The quantitative estimate of drug-likeness (QED) is 0.605. The average Bonchev–Trinajstić information content (AvgIpc) is 3.29. The van der Waals surface area contributed by atoms with Crippen LogP contribution >= 0.6 is 23.1 Å². The molecule has 0 N–H and O–H groups in total. The van der Waals surface area contributed by atoms with Crippen molar-refractivity contribution in [3.63, 3.8) is 0 Å². The first kappa shape index (κ1) is 18.7. The zero-order chi connectivity index (χ0) is 19.9. The van der Waals surface area contributed by atoms with Crippen LogP contribution < -0.4 is 14.9 Å². The summed E-state index contributed by atoms with van der Waals surface area (Å²) >= 11 is 4.11. The van der Waals surface area contributed by atoms with Crippen LogP contribution in [-0.4, -0.2) is 14.0 Å². The van der Waals surface area contributed by atoms with E-state index in [9.17, 15) is 0 Å². The highest BCUT2D eigenvalue weighted by molar-refractivity contribution is 8.04. The average molecular weight is 420 g/mol. The van der Waals surface area contributed by atoms with Crippen LogP contribution in [0.3, 0.4) is 0 Å². The maximum Gasteiger partial charge on any atom is 0.0814 e. The van der Waals surface area contributed by atoms with E-state index in [2.05, 4.69) is 83.8 Å². The Morgan fingerprint density at radius 2 is 1.64 bits per heavy atom. The van der Waals surface area contributed by atoms with E-state index >= 15 is 0 Å². The van der Waals surface area contributed by atoms with Gasteiger partial charge < -0.3 is 0 Å². The van der Waals surface area contributed by atoms with Crippen LogP contribution in [0.25, 0.3) is 17.7 Å². The Morgan fingerprint density at radius 1 is 0.929 bits per heavy atom. The van der Waals surface area contributed by atoms with Gasteiger partial charge in [-0.25, -0.2) is 0 Å². The van der Waals surface area contributed by atoms with Crippen molar-refractivity contribution in [1.29, 1.82) is 0 Å². The van der Waals surface area contributed by atoms with Gasteiger partial charge in [-0.2, -0.15) is 0 Å². The molecule has 2 aliphatic carbocycles. The Morgan fingerprint density at radius 3 is 2.36 bits per heavy atom. The molecule has 1 aliphatic heterocycles. The van der Waals surface area contributed by atoms with Gasteiger partial charge in [0.05, 0.1) is 14.0 Å². The van der Waals surface area contributed by atoms with Crippen LogP contribution in [0.4, 0.5) is 0 Å². The first-order valence-electron chi connectivity index (χ1n) is 10.1. The number of thiophene rings is 1. The number of hydrogen-bond donors (Lipinski definition) is 0. The summed E-state index contributed by atoms with van der Waals surface area (Å²) < 4.78 is 1.54. The minimum Gasteiger partial charge on any atom is -0.141 e. The van der Waals surface area contributed by atoms with E-state index in [-0.39, 0.29) is 0 Å². The number of fused-ring (bicyclic) bond motifs is 3. The fourth-order valence-electron chi connectivity index (χ4n) is 5.44. The van der Waals surface area contributed by atoms with Gasteiger partial charge in [0.1, 0.15) is 0 Å². The predicted molar refractivity (Wildman–Crippen MR) is 130 cm³/mol. The summed E-state index contributed by atoms with van der Waals surface area (Å²) in [5.41, 5.74) is 10.6. The largest absolute Gasteiger partial charge is 0.141 e. The fourth-order valence-corrected chi connectivity index (χ4v) is 10.2. The molecular weight excluding hydrogens is 392 g/mol. The second kappa shape index (κ2) is 6.35. The van der Waals surface area contributed by atoms with Crippen LogP contribution in [0, 0.1) is 20.8 Å². The molecule has 2 aromatic rings. The molecule has 2 heterocycles. The minimum atomic E-state index is -0.489. The van der Waals surface area contributed by atoms with Crippen molar-refractivity contribution < 1.29 is 0 Å². The Hall–Kier alpha value is -1.29. The molecule has 1 aromatic heterocycles. The summed E-state index contributed by atoms with van der Waals surface area (Å²) in [5.74, 6) is 0.430. The molecule has 2 unspecified atom stereocenters. The molecule has 1 radical (unpaired) electrons. The van der Waals surface area contributed by atoms with Crippen LogP contribution in [0.2, 0.25) is 13.1 Å². The highest BCUT2D eigenvalue weighted by Crippen LogP contribution is 2.54. The molecule has 0 amide bonds. The first-order chi connectivity index (χ1) is 13.3. The second-order valence-corrected chi connectivity index (χ2v) is 13.8. The van der Waals surface area contributed by atoms with Crippen molar-refractivity contribution in [2.75, 3.05) is 0 Å². The number of thioether (sulfide) groups is 1. The molecular formula is C25H27S2Si. The van der Waals surface area contributed by atoms with Crippen LogP contribution in [-0.2, 0) is 0 Å².